The topological polar surface area (TPSA) is 41.1 Å². The fourth-order valence-electron chi connectivity index (χ4n) is 2.03. The summed E-state index contributed by atoms with van der Waals surface area (Å²) in [4.78, 5) is 11.0. The van der Waals surface area contributed by atoms with Crippen LogP contribution in [0.4, 0.5) is 4.79 Å². The normalized spacial score (nSPS) is 20.8. The van der Waals surface area contributed by atoms with Gasteiger partial charge in [0.1, 0.15) is 0 Å². The molecule has 3 nitrogen and oxygen atoms in total. The summed E-state index contributed by atoms with van der Waals surface area (Å²) >= 11 is 0. The Morgan fingerprint density at radius 1 is 1.31 bits per heavy atom. The van der Waals surface area contributed by atoms with Crippen LogP contribution in [0.25, 0.3) is 0 Å². The summed E-state index contributed by atoms with van der Waals surface area (Å²) in [6.45, 7) is 2.10. The third kappa shape index (κ3) is 3.25. The molecule has 0 heterocycles. The smallest absolute Gasteiger partial charge is 0.314 e. The standard InChI is InChI=1S/C10H20N2O/c1-8(12-10(13)11-2)9-6-4-3-5-7-9/h8-9H,3-7H2,1-2H3,(H2,11,12,13). The molecule has 1 aliphatic carbocycles. The van der Waals surface area contributed by atoms with Crippen molar-refractivity contribution in [1.82, 2.24) is 10.6 Å². The Labute approximate surface area is 80.3 Å². The van der Waals surface area contributed by atoms with Gasteiger partial charge in [0.15, 0.2) is 0 Å². The summed E-state index contributed by atoms with van der Waals surface area (Å²) < 4.78 is 0. The summed E-state index contributed by atoms with van der Waals surface area (Å²) in [7, 11) is 1.66. The Bertz CT molecular complexity index is 164. The third-order valence-electron chi connectivity index (χ3n) is 2.94. The van der Waals surface area contributed by atoms with Gasteiger partial charge in [0.2, 0.25) is 0 Å². The number of hydrogen-bond donors (Lipinski definition) is 2. The van der Waals surface area contributed by atoms with Gasteiger partial charge >= 0.3 is 6.03 Å². The van der Waals surface area contributed by atoms with Gasteiger partial charge in [0.05, 0.1) is 0 Å². The second-order valence-corrected chi connectivity index (χ2v) is 3.91. The van der Waals surface area contributed by atoms with Crippen LogP contribution in [0.15, 0.2) is 0 Å². The number of carbonyl (C=O) groups excluding carboxylic acids is 1. The lowest BCUT2D eigenvalue weighted by Crippen LogP contribution is -2.43. The van der Waals surface area contributed by atoms with E-state index in [9.17, 15) is 4.79 Å². The number of nitrogens with one attached hydrogen (secondary N) is 2. The van der Waals surface area contributed by atoms with Crippen molar-refractivity contribution in [2.24, 2.45) is 5.92 Å². The number of urea groups is 1. The summed E-state index contributed by atoms with van der Waals surface area (Å²) in [5.41, 5.74) is 0. The highest BCUT2D eigenvalue weighted by atomic mass is 16.2. The lowest BCUT2D eigenvalue weighted by atomic mass is 9.85. The van der Waals surface area contributed by atoms with Gasteiger partial charge in [-0.2, -0.15) is 0 Å². The summed E-state index contributed by atoms with van der Waals surface area (Å²) in [5.74, 6) is 0.686. The Morgan fingerprint density at radius 3 is 2.46 bits per heavy atom. The van der Waals surface area contributed by atoms with Crippen molar-refractivity contribution < 1.29 is 4.79 Å². The monoisotopic (exact) mass is 184 g/mol. The van der Waals surface area contributed by atoms with Gasteiger partial charge in [0.25, 0.3) is 0 Å². The van der Waals surface area contributed by atoms with Gasteiger partial charge in [-0.05, 0) is 25.7 Å². The van der Waals surface area contributed by atoms with Gasteiger partial charge in [-0.25, -0.2) is 4.79 Å². The molecule has 0 aromatic rings. The molecule has 2 N–H and O–H groups in total. The number of rotatable bonds is 2. The fourth-order valence-corrected chi connectivity index (χ4v) is 2.03. The van der Waals surface area contributed by atoms with Gasteiger partial charge in [-0.1, -0.05) is 19.3 Å². The maximum Gasteiger partial charge on any atom is 0.314 e. The van der Waals surface area contributed by atoms with Gasteiger partial charge < -0.3 is 10.6 Å². The molecule has 0 radical (unpaired) electrons. The number of carbonyl (C=O) groups is 1. The predicted octanol–water partition coefficient (Wildman–Crippen LogP) is 1.88. The largest absolute Gasteiger partial charge is 0.341 e. The summed E-state index contributed by atoms with van der Waals surface area (Å²) in [6.07, 6.45) is 6.55. The van der Waals surface area contributed by atoms with Crippen molar-refractivity contribution in [3.63, 3.8) is 0 Å². The van der Waals surface area contributed by atoms with Crippen LogP contribution in [-0.4, -0.2) is 19.1 Å². The molecule has 3 heteroatoms. The number of amides is 2. The molecule has 0 aliphatic heterocycles. The quantitative estimate of drug-likeness (QED) is 0.676. The van der Waals surface area contributed by atoms with Crippen LogP contribution >= 0.6 is 0 Å². The van der Waals surface area contributed by atoms with Crippen LogP contribution < -0.4 is 10.6 Å². The van der Waals surface area contributed by atoms with Crippen molar-refractivity contribution in [2.75, 3.05) is 7.05 Å². The van der Waals surface area contributed by atoms with Crippen molar-refractivity contribution >= 4 is 6.03 Å². The molecule has 2 amide bonds. The van der Waals surface area contributed by atoms with Crippen molar-refractivity contribution in [3.05, 3.63) is 0 Å². The van der Waals surface area contributed by atoms with Crippen LogP contribution in [0.1, 0.15) is 39.0 Å². The number of hydrogen-bond acceptors (Lipinski definition) is 1. The zero-order valence-corrected chi connectivity index (χ0v) is 8.60. The lowest BCUT2D eigenvalue weighted by molar-refractivity contribution is 0.227. The molecule has 1 saturated carbocycles. The van der Waals surface area contributed by atoms with Crippen molar-refractivity contribution in [1.29, 1.82) is 0 Å². The molecule has 0 spiro atoms. The summed E-state index contributed by atoms with van der Waals surface area (Å²) in [5, 5.41) is 5.53. The molecular formula is C10H20N2O. The molecule has 1 unspecified atom stereocenters. The molecular weight excluding hydrogens is 164 g/mol. The second-order valence-electron chi connectivity index (χ2n) is 3.91. The molecule has 1 rings (SSSR count). The van der Waals surface area contributed by atoms with Crippen LogP contribution in [0.2, 0.25) is 0 Å². The summed E-state index contributed by atoms with van der Waals surface area (Å²) in [6, 6.07) is 0.262. The van der Waals surface area contributed by atoms with Crippen molar-refractivity contribution in [2.45, 2.75) is 45.1 Å². The Morgan fingerprint density at radius 2 is 1.92 bits per heavy atom. The van der Waals surface area contributed by atoms with Crippen LogP contribution in [-0.2, 0) is 0 Å². The maximum atomic E-state index is 11.0. The van der Waals surface area contributed by atoms with E-state index in [1.165, 1.54) is 32.1 Å². The van der Waals surface area contributed by atoms with Gasteiger partial charge in [-0.15, -0.1) is 0 Å². The first kappa shape index (κ1) is 10.4. The molecule has 0 aromatic carbocycles. The maximum absolute atomic E-state index is 11.0. The Kier molecular flexibility index (Phi) is 4.06. The molecule has 1 fully saturated rings. The molecule has 1 aliphatic rings. The van der Waals surface area contributed by atoms with E-state index >= 15 is 0 Å². The molecule has 0 aromatic heterocycles. The molecule has 1 atom stereocenters. The zero-order valence-electron chi connectivity index (χ0n) is 8.60. The van der Waals surface area contributed by atoms with E-state index in [2.05, 4.69) is 17.6 Å². The minimum atomic E-state index is -0.0573. The highest BCUT2D eigenvalue weighted by Crippen LogP contribution is 2.26. The highest BCUT2D eigenvalue weighted by molar-refractivity contribution is 5.73. The first-order chi connectivity index (χ1) is 6.24. The van der Waals surface area contributed by atoms with E-state index in [4.69, 9.17) is 0 Å². The average Bonchev–Trinajstić information content (AvgIpc) is 2.19. The molecule has 76 valence electrons. The Balaban J connectivity index is 2.28. The van der Waals surface area contributed by atoms with E-state index in [1.54, 1.807) is 7.05 Å². The van der Waals surface area contributed by atoms with E-state index < -0.39 is 0 Å². The second kappa shape index (κ2) is 5.10. The third-order valence-corrected chi connectivity index (χ3v) is 2.94. The molecule has 0 saturated heterocycles. The van der Waals surface area contributed by atoms with E-state index in [0.29, 0.717) is 12.0 Å². The molecule has 13 heavy (non-hydrogen) atoms. The average molecular weight is 184 g/mol. The van der Waals surface area contributed by atoms with Crippen molar-refractivity contribution in [3.8, 4) is 0 Å². The minimum absolute atomic E-state index is 0.0573. The minimum Gasteiger partial charge on any atom is -0.341 e. The van der Waals surface area contributed by atoms with Crippen LogP contribution in [0.3, 0.4) is 0 Å². The SMILES string of the molecule is CNC(=O)NC(C)C1CCCCC1. The molecule has 0 bridgehead atoms. The van der Waals surface area contributed by atoms with Crippen LogP contribution in [0, 0.1) is 5.92 Å². The van der Waals surface area contributed by atoms with Gasteiger partial charge in [-0.3, -0.25) is 0 Å². The van der Waals surface area contributed by atoms with E-state index in [-0.39, 0.29) is 6.03 Å². The highest BCUT2D eigenvalue weighted by Gasteiger charge is 2.20. The Hall–Kier alpha value is -0.730. The fraction of sp³-hybridized carbons (Fsp3) is 0.900. The van der Waals surface area contributed by atoms with Crippen LogP contribution in [0.5, 0.6) is 0 Å². The first-order valence-corrected chi connectivity index (χ1v) is 5.22. The predicted molar refractivity (Wildman–Crippen MR) is 53.6 cm³/mol. The van der Waals surface area contributed by atoms with E-state index in [1.807, 2.05) is 0 Å². The zero-order chi connectivity index (χ0) is 9.68. The first-order valence-electron chi connectivity index (χ1n) is 5.22. The van der Waals surface area contributed by atoms with Gasteiger partial charge in [0, 0.05) is 13.1 Å². The van der Waals surface area contributed by atoms with E-state index in [0.717, 1.165) is 0 Å². The lowest BCUT2D eigenvalue weighted by Gasteiger charge is -2.28.